The number of benzene rings is 3. The number of nitrogens with one attached hydrogen (secondary N) is 2. The fourth-order valence-electron chi connectivity index (χ4n) is 3.37. The zero-order chi connectivity index (χ0) is 20.2. The molecular weight excluding hydrogens is 387 g/mol. The molecule has 146 valence electrons. The number of rotatable bonds is 6. The molecular formula is C23H19FN2O2S. The van der Waals surface area contributed by atoms with Crippen LogP contribution >= 0.6 is 11.8 Å². The van der Waals surface area contributed by atoms with Crippen molar-refractivity contribution in [2.45, 2.75) is 6.42 Å². The van der Waals surface area contributed by atoms with E-state index in [2.05, 4.69) is 22.8 Å². The first-order valence-corrected chi connectivity index (χ1v) is 10.4. The Kier molecular flexibility index (Phi) is 5.62. The molecule has 1 aliphatic rings. The predicted octanol–water partition coefficient (Wildman–Crippen LogP) is 4.71. The molecule has 2 N–H and O–H groups in total. The van der Waals surface area contributed by atoms with Gasteiger partial charge in [0, 0.05) is 11.4 Å². The highest BCUT2D eigenvalue weighted by Crippen LogP contribution is 2.37. The van der Waals surface area contributed by atoms with Crippen LogP contribution in [-0.4, -0.2) is 23.3 Å². The average Bonchev–Trinajstić information content (AvgIpc) is 3.08. The summed E-state index contributed by atoms with van der Waals surface area (Å²) in [6, 6.07) is 19.8. The molecule has 0 atom stereocenters. The lowest BCUT2D eigenvalue weighted by molar-refractivity contribution is -0.114. The number of fused-ring (bicyclic) bond motifs is 3. The normalized spacial score (nSPS) is 11.5. The SMILES string of the molecule is O=C(CSCC(=O)Nc1ccc2c(c1)-c1ccccc1C2)Nc1ccc(F)cc1. The second-order valence-electron chi connectivity index (χ2n) is 6.80. The molecule has 3 aromatic rings. The lowest BCUT2D eigenvalue weighted by Crippen LogP contribution is -2.18. The summed E-state index contributed by atoms with van der Waals surface area (Å²) in [7, 11) is 0. The van der Waals surface area contributed by atoms with Gasteiger partial charge in [-0.15, -0.1) is 11.8 Å². The number of carbonyl (C=O) groups excluding carboxylic acids is 2. The number of carbonyl (C=O) groups is 2. The Morgan fingerprint density at radius 1 is 0.793 bits per heavy atom. The molecule has 0 spiro atoms. The van der Waals surface area contributed by atoms with Crippen molar-refractivity contribution in [2.75, 3.05) is 22.1 Å². The van der Waals surface area contributed by atoms with E-state index in [0.717, 1.165) is 17.7 Å². The molecule has 0 bridgehead atoms. The van der Waals surface area contributed by atoms with Gasteiger partial charge in [-0.2, -0.15) is 0 Å². The summed E-state index contributed by atoms with van der Waals surface area (Å²) in [4.78, 5) is 24.2. The van der Waals surface area contributed by atoms with E-state index in [1.165, 1.54) is 52.7 Å². The lowest BCUT2D eigenvalue weighted by atomic mass is 10.1. The molecule has 1 aliphatic carbocycles. The number of hydrogen-bond acceptors (Lipinski definition) is 3. The van der Waals surface area contributed by atoms with E-state index >= 15 is 0 Å². The Morgan fingerprint density at radius 2 is 1.41 bits per heavy atom. The maximum absolute atomic E-state index is 12.9. The van der Waals surface area contributed by atoms with Crippen molar-refractivity contribution in [3.63, 3.8) is 0 Å². The van der Waals surface area contributed by atoms with Crippen LogP contribution in [0, 0.1) is 5.82 Å². The third kappa shape index (κ3) is 4.66. The van der Waals surface area contributed by atoms with Gasteiger partial charge in [0.05, 0.1) is 11.5 Å². The molecule has 0 unspecified atom stereocenters. The summed E-state index contributed by atoms with van der Waals surface area (Å²) >= 11 is 1.23. The van der Waals surface area contributed by atoms with Crippen molar-refractivity contribution in [1.29, 1.82) is 0 Å². The number of hydrogen-bond donors (Lipinski definition) is 2. The van der Waals surface area contributed by atoms with E-state index in [-0.39, 0.29) is 29.1 Å². The van der Waals surface area contributed by atoms with Gasteiger partial charge in [0.1, 0.15) is 5.82 Å². The molecule has 4 nitrogen and oxygen atoms in total. The smallest absolute Gasteiger partial charge is 0.234 e. The number of thioether (sulfide) groups is 1. The number of amides is 2. The molecule has 0 fully saturated rings. The monoisotopic (exact) mass is 406 g/mol. The third-order valence-corrected chi connectivity index (χ3v) is 5.61. The third-order valence-electron chi connectivity index (χ3n) is 4.68. The van der Waals surface area contributed by atoms with Crippen molar-refractivity contribution in [2.24, 2.45) is 0 Å². The van der Waals surface area contributed by atoms with Gasteiger partial charge in [-0.05, 0) is 65.1 Å². The maximum Gasteiger partial charge on any atom is 0.234 e. The minimum absolute atomic E-state index is 0.141. The van der Waals surface area contributed by atoms with Crippen LogP contribution in [-0.2, 0) is 16.0 Å². The Labute approximate surface area is 172 Å². The van der Waals surface area contributed by atoms with E-state index in [4.69, 9.17) is 0 Å². The number of anilines is 2. The summed E-state index contributed by atoms with van der Waals surface area (Å²) < 4.78 is 12.9. The minimum atomic E-state index is -0.357. The molecule has 0 heterocycles. The van der Waals surface area contributed by atoms with Crippen molar-refractivity contribution in [3.8, 4) is 11.1 Å². The topological polar surface area (TPSA) is 58.2 Å². The Morgan fingerprint density at radius 3 is 2.17 bits per heavy atom. The van der Waals surface area contributed by atoms with Gasteiger partial charge in [-0.3, -0.25) is 9.59 Å². The quantitative estimate of drug-likeness (QED) is 0.488. The van der Waals surface area contributed by atoms with E-state index in [1.807, 2.05) is 30.3 Å². The van der Waals surface area contributed by atoms with Crippen molar-refractivity contribution in [3.05, 3.63) is 83.7 Å². The van der Waals surface area contributed by atoms with E-state index < -0.39 is 0 Å². The van der Waals surface area contributed by atoms with Crippen LogP contribution in [0.5, 0.6) is 0 Å². The summed E-state index contributed by atoms with van der Waals surface area (Å²) in [5, 5.41) is 5.57. The van der Waals surface area contributed by atoms with Crippen LogP contribution in [0.4, 0.5) is 15.8 Å². The fraction of sp³-hybridized carbons (Fsp3) is 0.130. The highest BCUT2D eigenvalue weighted by atomic mass is 32.2. The van der Waals surface area contributed by atoms with Gasteiger partial charge in [0.2, 0.25) is 11.8 Å². The largest absolute Gasteiger partial charge is 0.325 e. The molecule has 4 rings (SSSR count). The van der Waals surface area contributed by atoms with Crippen molar-refractivity contribution < 1.29 is 14.0 Å². The summed E-state index contributed by atoms with van der Waals surface area (Å²) in [6.07, 6.45) is 0.915. The molecule has 2 amide bonds. The van der Waals surface area contributed by atoms with Crippen LogP contribution in [0.1, 0.15) is 11.1 Å². The van der Waals surface area contributed by atoms with Gasteiger partial charge in [0.25, 0.3) is 0 Å². The molecule has 29 heavy (non-hydrogen) atoms. The fourth-order valence-corrected chi connectivity index (χ4v) is 3.98. The van der Waals surface area contributed by atoms with Gasteiger partial charge in [-0.1, -0.05) is 30.3 Å². The standard InChI is InChI=1S/C23H19FN2O2S/c24-17-6-9-18(10-7-17)25-22(27)13-29-14-23(28)26-19-8-5-16-11-15-3-1-2-4-20(15)21(16)12-19/h1-10,12H,11,13-14H2,(H,25,27)(H,26,28). The van der Waals surface area contributed by atoms with Crippen LogP contribution in [0.25, 0.3) is 11.1 Å². The van der Waals surface area contributed by atoms with Crippen molar-refractivity contribution in [1.82, 2.24) is 0 Å². The first kappa shape index (κ1) is 19.2. The predicted molar refractivity (Wildman–Crippen MR) is 116 cm³/mol. The second kappa shape index (κ2) is 8.49. The van der Waals surface area contributed by atoms with Crippen LogP contribution in [0.2, 0.25) is 0 Å². The van der Waals surface area contributed by atoms with Gasteiger partial charge >= 0.3 is 0 Å². The van der Waals surface area contributed by atoms with Crippen LogP contribution in [0.3, 0.4) is 0 Å². The molecule has 0 radical (unpaired) electrons. The maximum atomic E-state index is 12.9. The average molecular weight is 406 g/mol. The van der Waals surface area contributed by atoms with Crippen LogP contribution < -0.4 is 10.6 Å². The van der Waals surface area contributed by atoms with Gasteiger partial charge in [-0.25, -0.2) is 4.39 Å². The highest BCUT2D eigenvalue weighted by molar-refractivity contribution is 8.00. The Balaban J connectivity index is 1.27. The summed E-state index contributed by atoms with van der Waals surface area (Å²) in [5.74, 6) is -0.434. The lowest BCUT2D eigenvalue weighted by Gasteiger charge is -2.08. The highest BCUT2D eigenvalue weighted by Gasteiger charge is 2.18. The summed E-state index contributed by atoms with van der Waals surface area (Å²) in [5.41, 5.74) is 6.21. The Hall–Kier alpha value is -3.12. The minimum Gasteiger partial charge on any atom is -0.325 e. The van der Waals surface area contributed by atoms with Crippen molar-refractivity contribution >= 4 is 35.0 Å². The molecule has 0 aromatic heterocycles. The van der Waals surface area contributed by atoms with Gasteiger partial charge in [0.15, 0.2) is 0 Å². The Bertz CT molecular complexity index is 1070. The molecule has 0 saturated heterocycles. The molecule has 3 aromatic carbocycles. The van der Waals surface area contributed by atoms with E-state index in [0.29, 0.717) is 5.69 Å². The first-order chi connectivity index (χ1) is 14.1. The zero-order valence-electron chi connectivity index (χ0n) is 15.6. The second-order valence-corrected chi connectivity index (χ2v) is 7.79. The summed E-state index contributed by atoms with van der Waals surface area (Å²) in [6.45, 7) is 0. The zero-order valence-corrected chi connectivity index (χ0v) is 16.4. The molecule has 0 aliphatic heterocycles. The first-order valence-electron chi connectivity index (χ1n) is 9.23. The van der Waals surface area contributed by atoms with E-state index in [9.17, 15) is 14.0 Å². The van der Waals surface area contributed by atoms with Gasteiger partial charge < -0.3 is 10.6 Å². The van der Waals surface area contributed by atoms with E-state index in [1.54, 1.807) is 0 Å². The molecule has 0 saturated carbocycles. The number of halogens is 1. The molecule has 6 heteroatoms. The van der Waals surface area contributed by atoms with Crippen LogP contribution in [0.15, 0.2) is 66.7 Å².